The van der Waals surface area contributed by atoms with Crippen LogP contribution in [-0.4, -0.2) is 35.1 Å². The molecule has 0 bridgehead atoms. The van der Waals surface area contributed by atoms with Crippen molar-refractivity contribution < 1.29 is 24.4 Å². The third-order valence-electron chi connectivity index (χ3n) is 3.33. The minimum Gasteiger partial charge on any atom is -0.487 e. The largest absolute Gasteiger partial charge is 0.487 e. The monoisotopic (exact) mass is 338 g/mol. The smallest absolute Gasteiger partial charge is 0.311 e. The maximum Gasteiger partial charge on any atom is 0.311 e. The van der Waals surface area contributed by atoms with Gasteiger partial charge in [-0.2, -0.15) is 0 Å². The molecule has 0 aromatic heterocycles. The van der Waals surface area contributed by atoms with Crippen LogP contribution in [0, 0.1) is 22.0 Å². The number of carbonyl (C=O) groups is 2. The molecular formula is C16H22N2O6. The molecule has 132 valence electrons. The lowest BCUT2D eigenvalue weighted by Crippen LogP contribution is -2.33. The fourth-order valence-electron chi connectivity index (χ4n) is 2.24. The molecule has 0 radical (unpaired) electrons. The number of carboxylic acids is 1. The van der Waals surface area contributed by atoms with Gasteiger partial charge in [0.2, 0.25) is 0 Å². The van der Waals surface area contributed by atoms with E-state index in [4.69, 9.17) is 9.84 Å². The van der Waals surface area contributed by atoms with Gasteiger partial charge >= 0.3 is 11.7 Å². The van der Waals surface area contributed by atoms with Crippen molar-refractivity contribution in [1.82, 2.24) is 5.32 Å². The molecule has 0 heterocycles. The summed E-state index contributed by atoms with van der Waals surface area (Å²) in [5, 5.41) is 22.7. The third kappa shape index (κ3) is 5.53. The normalized spacial score (nSPS) is 11.8. The minimum absolute atomic E-state index is 0.0344. The number of benzene rings is 1. The summed E-state index contributed by atoms with van der Waals surface area (Å²) >= 11 is 0. The first-order valence-corrected chi connectivity index (χ1v) is 7.68. The molecular weight excluding hydrogens is 316 g/mol. The Hall–Kier alpha value is -2.64. The highest BCUT2D eigenvalue weighted by Gasteiger charge is 2.22. The Morgan fingerprint density at radius 1 is 1.38 bits per heavy atom. The molecule has 24 heavy (non-hydrogen) atoms. The molecule has 1 aromatic rings. The van der Waals surface area contributed by atoms with Crippen molar-refractivity contribution in [3.8, 4) is 5.75 Å². The lowest BCUT2D eigenvalue weighted by molar-refractivity contribution is -0.385. The Morgan fingerprint density at radius 3 is 2.54 bits per heavy atom. The second-order valence-corrected chi connectivity index (χ2v) is 5.75. The maximum atomic E-state index is 12.1. The van der Waals surface area contributed by atoms with E-state index in [1.807, 2.05) is 13.8 Å². The number of hydrogen-bond donors (Lipinski definition) is 2. The second kappa shape index (κ2) is 8.85. The molecule has 0 saturated carbocycles. The Bertz CT molecular complexity index is 615. The zero-order valence-corrected chi connectivity index (χ0v) is 13.9. The third-order valence-corrected chi connectivity index (χ3v) is 3.33. The van der Waals surface area contributed by atoms with Gasteiger partial charge in [-0.15, -0.1) is 0 Å². The summed E-state index contributed by atoms with van der Waals surface area (Å²) in [5.74, 6) is -1.98. The van der Waals surface area contributed by atoms with Crippen LogP contribution in [0.25, 0.3) is 0 Å². The Labute approximate surface area is 140 Å². The van der Waals surface area contributed by atoms with Crippen molar-refractivity contribution >= 4 is 17.6 Å². The van der Waals surface area contributed by atoms with Gasteiger partial charge in [-0.05, 0) is 31.4 Å². The zero-order valence-electron chi connectivity index (χ0n) is 13.9. The van der Waals surface area contributed by atoms with Crippen LogP contribution in [0.4, 0.5) is 5.69 Å². The summed E-state index contributed by atoms with van der Waals surface area (Å²) in [6.45, 7) is 5.72. The van der Waals surface area contributed by atoms with E-state index in [2.05, 4.69) is 5.32 Å². The quantitative estimate of drug-likeness (QED) is 0.527. The van der Waals surface area contributed by atoms with E-state index in [0.717, 1.165) is 6.07 Å². The van der Waals surface area contributed by atoms with Gasteiger partial charge in [-0.1, -0.05) is 13.8 Å². The number of nitro groups is 1. The predicted molar refractivity (Wildman–Crippen MR) is 87.2 cm³/mol. The zero-order chi connectivity index (χ0) is 18.3. The van der Waals surface area contributed by atoms with E-state index >= 15 is 0 Å². The van der Waals surface area contributed by atoms with Crippen molar-refractivity contribution in [2.45, 2.75) is 27.2 Å². The standard InChI is InChI=1S/C16H22N2O6/c1-4-24-14-6-5-11(8-13(14)18(22)23)15(19)17-9-12(16(20)21)7-10(2)3/h5-6,8,10,12H,4,7,9H2,1-3H3,(H,17,19)(H,20,21). The van der Waals surface area contributed by atoms with E-state index in [9.17, 15) is 19.7 Å². The SMILES string of the molecule is CCOc1ccc(C(=O)NCC(CC(C)C)C(=O)O)cc1[N+](=O)[O-]. The van der Waals surface area contributed by atoms with Gasteiger partial charge in [0.15, 0.2) is 5.75 Å². The molecule has 8 heteroatoms. The number of aliphatic carboxylic acids is 1. The summed E-state index contributed by atoms with van der Waals surface area (Å²) in [6, 6.07) is 3.89. The van der Waals surface area contributed by atoms with Crippen LogP contribution in [-0.2, 0) is 4.79 Å². The number of nitrogens with zero attached hydrogens (tertiary/aromatic N) is 1. The number of carbonyl (C=O) groups excluding carboxylic acids is 1. The summed E-state index contributed by atoms with van der Waals surface area (Å²) in [6.07, 6.45) is 0.430. The number of carboxylic acid groups (broad SMARTS) is 1. The molecule has 1 rings (SSSR count). The fraction of sp³-hybridized carbons (Fsp3) is 0.500. The van der Waals surface area contributed by atoms with Crippen LogP contribution in [0.1, 0.15) is 37.6 Å². The predicted octanol–water partition coefficient (Wildman–Crippen LogP) is 2.47. The molecule has 0 fully saturated rings. The van der Waals surface area contributed by atoms with E-state index < -0.39 is 22.7 Å². The van der Waals surface area contributed by atoms with Gasteiger partial charge in [0, 0.05) is 18.2 Å². The first-order valence-electron chi connectivity index (χ1n) is 7.68. The van der Waals surface area contributed by atoms with E-state index in [1.165, 1.54) is 12.1 Å². The van der Waals surface area contributed by atoms with Crippen LogP contribution in [0.2, 0.25) is 0 Å². The lowest BCUT2D eigenvalue weighted by atomic mass is 9.97. The van der Waals surface area contributed by atoms with Crippen molar-refractivity contribution in [1.29, 1.82) is 0 Å². The summed E-state index contributed by atoms with van der Waals surface area (Å²) in [4.78, 5) is 33.8. The van der Waals surface area contributed by atoms with Gasteiger partial charge in [-0.3, -0.25) is 19.7 Å². The molecule has 1 atom stereocenters. The lowest BCUT2D eigenvalue weighted by Gasteiger charge is -2.15. The first kappa shape index (κ1) is 19.4. The summed E-state index contributed by atoms with van der Waals surface area (Å²) in [7, 11) is 0. The fourth-order valence-corrected chi connectivity index (χ4v) is 2.24. The van der Waals surface area contributed by atoms with Crippen LogP contribution in [0.3, 0.4) is 0 Å². The summed E-state index contributed by atoms with van der Waals surface area (Å²) in [5.41, 5.74) is -0.222. The molecule has 0 spiro atoms. The molecule has 0 aliphatic heterocycles. The maximum absolute atomic E-state index is 12.1. The molecule has 0 aliphatic carbocycles. The molecule has 0 aliphatic rings. The second-order valence-electron chi connectivity index (χ2n) is 5.75. The number of rotatable bonds is 9. The topological polar surface area (TPSA) is 119 Å². The van der Waals surface area contributed by atoms with Crippen LogP contribution in [0.5, 0.6) is 5.75 Å². The van der Waals surface area contributed by atoms with Gasteiger partial charge in [0.1, 0.15) is 0 Å². The Kier molecular flexibility index (Phi) is 7.16. The molecule has 1 aromatic carbocycles. The first-order chi connectivity index (χ1) is 11.3. The number of hydrogen-bond acceptors (Lipinski definition) is 5. The number of nitro benzene ring substituents is 1. The van der Waals surface area contributed by atoms with E-state index in [1.54, 1.807) is 6.92 Å². The number of amides is 1. The van der Waals surface area contributed by atoms with Gasteiger partial charge in [-0.25, -0.2) is 0 Å². The average molecular weight is 338 g/mol. The summed E-state index contributed by atoms with van der Waals surface area (Å²) < 4.78 is 5.16. The van der Waals surface area contributed by atoms with Crippen LogP contribution >= 0.6 is 0 Å². The van der Waals surface area contributed by atoms with Crippen molar-refractivity contribution in [2.75, 3.05) is 13.2 Å². The van der Waals surface area contributed by atoms with Crippen LogP contribution in [0.15, 0.2) is 18.2 Å². The van der Waals surface area contributed by atoms with E-state index in [0.29, 0.717) is 6.42 Å². The Balaban J connectivity index is 2.85. The highest BCUT2D eigenvalue weighted by Crippen LogP contribution is 2.28. The van der Waals surface area contributed by atoms with Gasteiger partial charge in [0.25, 0.3) is 5.91 Å². The molecule has 2 N–H and O–H groups in total. The van der Waals surface area contributed by atoms with Gasteiger partial charge in [0.05, 0.1) is 17.4 Å². The minimum atomic E-state index is -0.985. The number of nitrogens with one attached hydrogen (secondary N) is 1. The molecule has 8 nitrogen and oxygen atoms in total. The molecule has 1 unspecified atom stereocenters. The van der Waals surface area contributed by atoms with Crippen molar-refractivity contribution in [3.05, 3.63) is 33.9 Å². The van der Waals surface area contributed by atoms with Crippen molar-refractivity contribution in [2.24, 2.45) is 11.8 Å². The van der Waals surface area contributed by atoms with Crippen LogP contribution < -0.4 is 10.1 Å². The number of ether oxygens (including phenoxy) is 1. The molecule has 1 amide bonds. The van der Waals surface area contributed by atoms with Gasteiger partial charge < -0.3 is 15.2 Å². The Morgan fingerprint density at radius 2 is 2.04 bits per heavy atom. The average Bonchev–Trinajstić information content (AvgIpc) is 2.50. The highest BCUT2D eigenvalue weighted by atomic mass is 16.6. The highest BCUT2D eigenvalue weighted by molar-refractivity contribution is 5.95. The van der Waals surface area contributed by atoms with E-state index in [-0.39, 0.29) is 36.1 Å². The van der Waals surface area contributed by atoms with Crippen molar-refractivity contribution in [3.63, 3.8) is 0 Å². The molecule has 0 saturated heterocycles.